The molecule has 2 aromatic carbocycles. The van der Waals surface area contributed by atoms with Crippen LogP contribution in [0.5, 0.6) is 5.75 Å². The second kappa shape index (κ2) is 9.16. The Labute approximate surface area is 187 Å². The summed E-state index contributed by atoms with van der Waals surface area (Å²) in [5, 5.41) is 2.76. The minimum atomic E-state index is -0.506. The van der Waals surface area contributed by atoms with Gasteiger partial charge in [0.15, 0.2) is 0 Å². The number of benzene rings is 2. The van der Waals surface area contributed by atoms with E-state index in [9.17, 15) is 14.0 Å². The van der Waals surface area contributed by atoms with Crippen molar-refractivity contribution in [2.75, 3.05) is 41.9 Å². The molecule has 2 heterocycles. The summed E-state index contributed by atoms with van der Waals surface area (Å²) < 4.78 is 25.7. The van der Waals surface area contributed by atoms with Crippen LogP contribution < -0.4 is 19.9 Å². The summed E-state index contributed by atoms with van der Waals surface area (Å²) in [5.41, 5.74) is 1.59. The molecule has 2 aliphatic heterocycles. The number of carbonyl (C=O) groups is 2. The Morgan fingerprint density at radius 3 is 2.41 bits per heavy atom. The van der Waals surface area contributed by atoms with Gasteiger partial charge < -0.3 is 24.6 Å². The number of nitrogens with one attached hydrogen (secondary N) is 1. The summed E-state index contributed by atoms with van der Waals surface area (Å²) in [4.78, 5) is 28.8. The van der Waals surface area contributed by atoms with Gasteiger partial charge in [-0.3, -0.25) is 9.59 Å². The molecule has 4 rings (SSSR count). The Morgan fingerprint density at radius 2 is 1.78 bits per heavy atom. The van der Waals surface area contributed by atoms with E-state index in [0.29, 0.717) is 30.2 Å². The highest BCUT2D eigenvalue weighted by molar-refractivity contribution is 6.03. The number of halogens is 1. The van der Waals surface area contributed by atoms with Gasteiger partial charge in [-0.1, -0.05) is 0 Å². The van der Waals surface area contributed by atoms with Gasteiger partial charge in [-0.15, -0.1) is 0 Å². The minimum Gasteiger partial charge on any atom is -0.497 e. The van der Waals surface area contributed by atoms with E-state index in [1.165, 1.54) is 6.07 Å². The van der Waals surface area contributed by atoms with Gasteiger partial charge in [0.25, 0.3) is 0 Å². The van der Waals surface area contributed by atoms with Crippen LogP contribution in [0.2, 0.25) is 0 Å². The van der Waals surface area contributed by atoms with Crippen molar-refractivity contribution in [1.82, 2.24) is 0 Å². The lowest BCUT2D eigenvalue weighted by Crippen LogP contribution is -2.45. The highest BCUT2D eigenvalue weighted by Crippen LogP contribution is 2.29. The van der Waals surface area contributed by atoms with Gasteiger partial charge in [0.2, 0.25) is 11.8 Å². The predicted octanol–water partition coefficient (Wildman–Crippen LogP) is 3.44. The third-order valence-electron chi connectivity index (χ3n) is 5.86. The third-order valence-corrected chi connectivity index (χ3v) is 5.86. The molecule has 0 aromatic heterocycles. The van der Waals surface area contributed by atoms with Gasteiger partial charge in [0.1, 0.15) is 11.6 Å². The van der Waals surface area contributed by atoms with Gasteiger partial charge in [-0.05, 0) is 56.3 Å². The van der Waals surface area contributed by atoms with Crippen LogP contribution in [0.15, 0.2) is 42.5 Å². The number of rotatable bonds is 5. The molecule has 2 fully saturated rings. The zero-order valence-electron chi connectivity index (χ0n) is 18.5. The lowest BCUT2D eigenvalue weighted by Gasteiger charge is -2.37. The van der Waals surface area contributed by atoms with Gasteiger partial charge >= 0.3 is 0 Å². The SMILES string of the molecule is COc1ccc(N2CC(C(=O)Nc3ccc(N4CC(C)OC(C)C4)c(F)c3)CC2=O)cc1. The fourth-order valence-corrected chi connectivity index (χ4v) is 4.35. The van der Waals surface area contributed by atoms with E-state index in [-0.39, 0.29) is 37.0 Å². The number of ether oxygens (including phenoxy) is 2. The summed E-state index contributed by atoms with van der Waals surface area (Å²) in [5.74, 6) is -0.622. The van der Waals surface area contributed by atoms with E-state index >= 15 is 0 Å². The lowest BCUT2D eigenvalue weighted by atomic mass is 10.1. The Balaban J connectivity index is 1.40. The smallest absolute Gasteiger partial charge is 0.229 e. The molecule has 32 heavy (non-hydrogen) atoms. The fraction of sp³-hybridized carbons (Fsp3) is 0.417. The second-order valence-electron chi connectivity index (χ2n) is 8.42. The number of nitrogens with zero attached hydrogens (tertiary/aromatic N) is 2. The van der Waals surface area contributed by atoms with E-state index in [2.05, 4.69) is 5.32 Å². The van der Waals surface area contributed by atoms with E-state index in [0.717, 1.165) is 5.69 Å². The zero-order chi connectivity index (χ0) is 22.8. The number of carbonyl (C=O) groups excluding carboxylic acids is 2. The van der Waals surface area contributed by atoms with E-state index in [4.69, 9.17) is 9.47 Å². The minimum absolute atomic E-state index is 0.0195. The van der Waals surface area contributed by atoms with Crippen LogP contribution >= 0.6 is 0 Å². The average Bonchev–Trinajstić information content (AvgIpc) is 3.15. The van der Waals surface area contributed by atoms with Crippen LogP contribution in [0.25, 0.3) is 0 Å². The Hall–Kier alpha value is -3.13. The summed E-state index contributed by atoms with van der Waals surface area (Å²) in [6.07, 6.45) is 0.152. The second-order valence-corrected chi connectivity index (χ2v) is 8.42. The standard InChI is InChI=1S/C24H28FN3O4/c1-15-12-27(13-16(2)32-15)22-9-4-18(11-21(22)25)26-24(30)17-10-23(29)28(14-17)19-5-7-20(31-3)8-6-19/h4-9,11,15-17H,10,12-14H2,1-3H3,(H,26,30). The van der Waals surface area contributed by atoms with Crippen molar-refractivity contribution in [3.05, 3.63) is 48.3 Å². The van der Waals surface area contributed by atoms with Gasteiger partial charge in [-0.25, -0.2) is 4.39 Å². The first-order valence-electron chi connectivity index (χ1n) is 10.8. The maximum Gasteiger partial charge on any atom is 0.229 e. The molecule has 1 N–H and O–H groups in total. The first kappa shape index (κ1) is 22.1. The molecule has 2 amide bonds. The number of morpholine rings is 1. The molecular formula is C24H28FN3O4. The summed E-state index contributed by atoms with van der Waals surface area (Å²) in [7, 11) is 1.58. The number of anilines is 3. The van der Waals surface area contributed by atoms with Crippen LogP contribution in [0.1, 0.15) is 20.3 Å². The molecule has 8 heteroatoms. The Bertz CT molecular complexity index is 987. The molecular weight excluding hydrogens is 413 g/mol. The maximum atomic E-state index is 14.8. The Morgan fingerprint density at radius 1 is 1.09 bits per heavy atom. The molecule has 0 radical (unpaired) electrons. The van der Waals surface area contributed by atoms with Crippen LogP contribution in [0, 0.1) is 11.7 Å². The first-order valence-corrected chi connectivity index (χ1v) is 10.8. The summed E-state index contributed by atoms with van der Waals surface area (Å²) >= 11 is 0. The van der Waals surface area contributed by atoms with Gasteiger partial charge in [-0.2, -0.15) is 0 Å². The van der Waals surface area contributed by atoms with Gasteiger partial charge in [0.05, 0.1) is 30.9 Å². The quantitative estimate of drug-likeness (QED) is 0.770. The van der Waals surface area contributed by atoms with Gasteiger partial charge in [0, 0.05) is 37.4 Å². The highest BCUT2D eigenvalue weighted by atomic mass is 19.1. The van der Waals surface area contributed by atoms with E-state index < -0.39 is 11.7 Å². The largest absolute Gasteiger partial charge is 0.497 e. The predicted molar refractivity (Wildman–Crippen MR) is 121 cm³/mol. The van der Waals surface area contributed by atoms with Crippen LogP contribution in [-0.2, 0) is 14.3 Å². The van der Waals surface area contributed by atoms with Crippen molar-refractivity contribution in [1.29, 1.82) is 0 Å². The van der Waals surface area contributed by atoms with Crippen molar-refractivity contribution in [3.8, 4) is 5.75 Å². The Kier molecular flexibility index (Phi) is 6.32. The third kappa shape index (κ3) is 4.70. The van der Waals surface area contributed by atoms with Crippen molar-refractivity contribution in [2.45, 2.75) is 32.5 Å². The topological polar surface area (TPSA) is 71.1 Å². The van der Waals surface area contributed by atoms with E-state index in [1.54, 1.807) is 48.4 Å². The molecule has 0 bridgehead atoms. The lowest BCUT2D eigenvalue weighted by molar-refractivity contribution is -0.122. The molecule has 2 saturated heterocycles. The van der Waals surface area contributed by atoms with E-state index in [1.807, 2.05) is 18.7 Å². The molecule has 7 nitrogen and oxygen atoms in total. The number of hydrogen-bond acceptors (Lipinski definition) is 5. The molecule has 0 aliphatic carbocycles. The van der Waals surface area contributed by atoms with Crippen molar-refractivity contribution < 1.29 is 23.5 Å². The molecule has 170 valence electrons. The normalized spacial score (nSPS) is 23.4. The fourth-order valence-electron chi connectivity index (χ4n) is 4.35. The maximum absolute atomic E-state index is 14.8. The van der Waals surface area contributed by atoms with Crippen LogP contribution in [0.3, 0.4) is 0 Å². The number of hydrogen-bond donors (Lipinski definition) is 1. The van der Waals surface area contributed by atoms with Crippen LogP contribution in [-0.4, -0.2) is 50.8 Å². The monoisotopic (exact) mass is 441 g/mol. The zero-order valence-corrected chi connectivity index (χ0v) is 18.5. The summed E-state index contributed by atoms with van der Waals surface area (Å²) in [6.45, 7) is 5.43. The molecule has 0 spiro atoms. The molecule has 0 saturated carbocycles. The first-order chi connectivity index (χ1) is 15.3. The number of amides is 2. The van der Waals surface area contributed by atoms with Crippen molar-refractivity contribution in [2.24, 2.45) is 5.92 Å². The molecule has 2 aromatic rings. The van der Waals surface area contributed by atoms with Crippen LogP contribution in [0.4, 0.5) is 21.5 Å². The molecule has 2 aliphatic rings. The number of methoxy groups -OCH3 is 1. The highest BCUT2D eigenvalue weighted by Gasteiger charge is 2.35. The molecule has 3 unspecified atom stereocenters. The average molecular weight is 442 g/mol. The van der Waals surface area contributed by atoms with Crippen molar-refractivity contribution in [3.63, 3.8) is 0 Å². The summed E-state index contributed by atoms with van der Waals surface area (Å²) in [6, 6.07) is 11.8. The molecule has 3 atom stereocenters. The van der Waals surface area contributed by atoms with Crippen molar-refractivity contribution >= 4 is 28.9 Å².